The lowest BCUT2D eigenvalue weighted by Crippen LogP contribution is -2.40. The van der Waals surface area contributed by atoms with Crippen LogP contribution in [0.1, 0.15) is 31.5 Å². The summed E-state index contributed by atoms with van der Waals surface area (Å²) in [6.07, 6.45) is 0. The zero-order valence-electron chi connectivity index (χ0n) is 15.5. The maximum atomic E-state index is 12.9. The molecule has 0 N–H and O–H groups in total. The van der Waals surface area contributed by atoms with Gasteiger partial charge in [-0.2, -0.15) is 9.29 Å². The SMILES string of the molecule is CC(C)c1nc(COn2nnc3ccc(S(=O)(=O)N4CCOCC4)cc32)no1. The Morgan fingerprint density at radius 1 is 1.25 bits per heavy atom. The van der Waals surface area contributed by atoms with Crippen LogP contribution in [0.25, 0.3) is 11.0 Å². The van der Waals surface area contributed by atoms with E-state index in [0.29, 0.717) is 49.1 Å². The minimum Gasteiger partial charge on any atom is -0.387 e. The number of hydrogen-bond acceptors (Lipinski definition) is 9. The van der Waals surface area contributed by atoms with Gasteiger partial charge in [-0.05, 0) is 23.4 Å². The van der Waals surface area contributed by atoms with E-state index in [0.717, 1.165) is 0 Å². The fourth-order valence-electron chi connectivity index (χ4n) is 2.75. The summed E-state index contributed by atoms with van der Waals surface area (Å²) in [6, 6.07) is 4.61. The van der Waals surface area contributed by atoms with Crippen LogP contribution in [-0.2, 0) is 21.4 Å². The van der Waals surface area contributed by atoms with Crippen LogP contribution in [0.15, 0.2) is 27.6 Å². The monoisotopic (exact) mass is 408 g/mol. The highest BCUT2D eigenvalue weighted by Crippen LogP contribution is 2.21. The van der Waals surface area contributed by atoms with E-state index in [1.807, 2.05) is 13.8 Å². The van der Waals surface area contributed by atoms with Crippen LogP contribution in [-0.4, -0.2) is 64.3 Å². The first-order valence-corrected chi connectivity index (χ1v) is 10.3. The molecule has 1 aliphatic heterocycles. The van der Waals surface area contributed by atoms with Crippen LogP contribution < -0.4 is 4.84 Å². The number of ether oxygens (including phenoxy) is 1. The van der Waals surface area contributed by atoms with Crippen molar-refractivity contribution in [3.05, 3.63) is 29.9 Å². The third kappa shape index (κ3) is 3.57. The van der Waals surface area contributed by atoms with Crippen molar-refractivity contribution >= 4 is 21.1 Å². The molecule has 1 saturated heterocycles. The molecule has 150 valence electrons. The summed E-state index contributed by atoms with van der Waals surface area (Å²) in [5, 5.41) is 11.8. The molecular weight excluding hydrogens is 388 g/mol. The Balaban J connectivity index is 1.57. The van der Waals surface area contributed by atoms with Crippen molar-refractivity contribution in [2.24, 2.45) is 0 Å². The minimum atomic E-state index is -3.63. The number of benzene rings is 1. The van der Waals surface area contributed by atoms with Crippen molar-refractivity contribution in [3.63, 3.8) is 0 Å². The second-order valence-corrected chi connectivity index (χ2v) is 8.54. The van der Waals surface area contributed by atoms with Crippen LogP contribution in [0.2, 0.25) is 0 Å². The highest BCUT2D eigenvalue weighted by Gasteiger charge is 2.27. The molecule has 0 saturated carbocycles. The minimum absolute atomic E-state index is 0.00905. The van der Waals surface area contributed by atoms with Gasteiger partial charge in [-0.15, -0.1) is 5.10 Å². The van der Waals surface area contributed by atoms with Crippen molar-refractivity contribution in [2.75, 3.05) is 26.3 Å². The Kier molecular flexibility index (Phi) is 5.00. The summed E-state index contributed by atoms with van der Waals surface area (Å²) in [4.78, 5) is 11.1. The smallest absolute Gasteiger partial charge is 0.243 e. The number of hydrogen-bond donors (Lipinski definition) is 0. The lowest BCUT2D eigenvalue weighted by atomic mass is 10.2. The molecule has 12 heteroatoms. The van der Waals surface area contributed by atoms with Gasteiger partial charge in [0.1, 0.15) is 11.0 Å². The molecule has 0 aliphatic carbocycles. The van der Waals surface area contributed by atoms with Gasteiger partial charge in [0, 0.05) is 19.0 Å². The molecule has 1 aromatic carbocycles. The number of morpholine rings is 1. The molecule has 0 bridgehead atoms. The topological polar surface area (TPSA) is 125 Å². The van der Waals surface area contributed by atoms with E-state index in [-0.39, 0.29) is 17.4 Å². The highest BCUT2D eigenvalue weighted by molar-refractivity contribution is 7.89. The Morgan fingerprint density at radius 3 is 2.75 bits per heavy atom. The first-order valence-electron chi connectivity index (χ1n) is 8.84. The standard InChI is InChI=1S/C16H20N6O5S/c1-11(2)16-17-15(19-27-16)10-26-22-14-9-12(3-4-13(14)18-20-22)28(23,24)21-5-7-25-8-6-21/h3-4,9,11H,5-8,10H2,1-2H3. The number of nitrogens with zero attached hydrogens (tertiary/aromatic N) is 6. The van der Waals surface area contributed by atoms with Gasteiger partial charge in [0.05, 0.1) is 18.1 Å². The average Bonchev–Trinajstić information content (AvgIpc) is 3.33. The predicted molar refractivity (Wildman–Crippen MR) is 95.8 cm³/mol. The predicted octanol–water partition coefficient (Wildman–Crippen LogP) is 0.587. The van der Waals surface area contributed by atoms with Gasteiger partial charge in [-0.3, -0.25) is 0 Å². The quantitative estimate of drug-likeness (QED) is 0.576. The zero-order chi connectivity index (χ0) is 19.7. The molecule has 0 amide bonds. The Hall–Kier alpha value is -2.57. The molecule has 4 rings (SSSR count). The fraction of sp³-hybridized carbons (Fsp3) is 0.500. The van der Waals surface area contributed by atoms with Gasteiger partial charge in [0.15, 0.2) is 6.61 Å². The molecule has 0 radical (unpaired) electrons. The van der Waals surface area contributed by atoms with Crippen molar-refractivity contribution in [3.8, 4) is 0 Å². The highest BCUT2D eigenvalue weighted by atomic mass is 32.2. The van der Waals surface area contributed by atoms with E-state index in [2.05, 4.69) is 20.5 Å². The Morgan fingerprint density at radius 2 is 2.04 bits per heavy atom. The van der Waals surface area contributed by atoms with Gasteiger partial charge in [-0.25, -0.2) is 8.42 Å². The molecule has 0 atom stereocenters. The molecule has 28 heavy (non-hydrogen) atoms. The van der Waals surface area contributed by atoms with Crippen LogP contribution >= 0.6 is 0 Å². The van der Waals surface area contributed by atoms with Crippen LogP contribution in [0.5, 0.6) is 0 Å². The molecule has 11 nitrogen and oxygen atoms in total. The van der Waals surface area contributed by atoms with E-state index in [9.17, 15) is 8.42 Å². The maximum Gasteiger partial charge on any atom is 0.243 e. The van der Waals surface area contributed by atoms with Gasteiger partial charge >= 0.3 is 0 Å². The van der Waals surface area contributed by atoms with E-state index < -0.39 is 10.0 Å². The number of aromatic nitrogens is 5. The van der Waals surface area contributed by atoms with Gasteiger partial charge in [-0.1, -0.05) is 23.8 Å². The molecule has 3 heterocycles. The summed E-state index contributed by atoms with van der Waals surface area (Å²) >= 11 is 0. The van der Waals surface area contributed by atoms with Crippen molar-refractivity contribution in [1.82, 2.24) is 29.6 Å². The van der Waals surface area contributed by atoms with E-state index in [1.165, 1.54) is 21.3 Å². The van der Waals surface area contributed by atoms with Crippen molar-refractivity contribution in [1.29, 1.82) is 0 Å². The lowest BCUT2D eigenvalue weighted by molar-refractivity contribution is 0.0696. The summed E-state index contributed by atoms with van der Waals surface area (Å²) in [6.45, 7) is 5.31. The molecular formula is C16H20N6O5S. The Labute approximate surface area is 161 Å². The van der Waals surface area contributed by atoms with Crippen LogP contribution in [0.4, 0.5) is 0 Å². The summed E-state index contributed by atoms with van der Waals surface area (Å²) in [5.41, 5.74) is 0.943. The van der Waals surface area contributed by atoms with E-state index >= 15 is 0 Å². The molecule has 3 aromatic rings. The van der Waals surface area contributed by atoms with Gasteiger partial charge in [0.2, 0.25) is 21.7 Å². The summed E-state index contributed by atoms with van der Waals surface area (Å²) in [5.74, 6) is 0.992. The largest absolute Gasteiger partial charge is 0.387 e. The molecule has 0 spiro atoms. The first-order chi connectivity index (χ1) is 13.4. The molecule has 1 fully saturated rings. The molecule has 2 aromatic heterocycles. The fourth-order valence-corrected chi connectivity index (χ4v) is 4.18. The van der Waals surface area contributed by atoms with E-state index in [4.69, 9.17) is 14.1 Å². The Bertz CT molecular complexity index is 1070. The lowest BCUT2D eigenvalue weighted by Gasteiger charge is -2.26. The van der Waals surface area contributed by atoms with Crippen LogP contribution in [0.3, 0.4) is 0 Å². The van der Waals surface area contributed by atoms with Crippen molar-refractivity contribution < 1.29 is 22.5 Å². The number of fused-ring (bicyclic) bond motifs is 1. The van der Waals surface area contributed by atoms with Gasteiger partial charge in [0.25, 0.3) is 0 Å². The third-order valence-corrected chi connectivity index (χ3v) is 6.18. The number of rotatable bonds is 6. The third-order valence-electron chi connectivity index (χ3n) is 4.29. The first kappa shape index (κ1) is 18.8. The second kappa shape index (κ2) is 7.45. The zero-order valence-corrected chi connectivity index (χ0v) is 16.3. The number of sulfonamides is 1. The van der Waals surface area contributed by atoms with Crippen molar-refractivity contribution in [2.45, 2.75) is 31.3 Å². The normalized spacial score (nSPS) is 16.1. The summed E-state index contributed by atoms with van der Waals surface area (Å²) < 4.78 is 37.5. The van der Waals surface area contributed by atoms with Gasteiger partial charge < -0.3 is 14.1 Å². The summed E-state index contributed by atoms with van der Waals surface area (Å²) in [7, 11) is -3.63. The average molecular weight is 408 g/mol. The second-order valence-electron chi connectivity index (χ2n) is 6.61. The molecule has 1 aliphatic rings. The van der Waals surface area contributed by atoms with E-state index in [1.54, 1.807) is 6.07 Å². The van der Waals surface area contributed by atoms with Crippen LogP contribution in [0, 0.1) is 0 Å². The molecule has 0 unspecified atom stereocenters. The maximum absolute atomic E-state index is 12.9.